The summed E-state index contributed by atoms with van der Waals surface area (Å²) in [7, 11) is 0. The zero-order chi connectivity index (χ0) is 12.3. The standard InChI is InChI=1S/C10H6N4O3/c1-11-6-2-4-7(5-3-6)17-9-8(10(15)16)12-14-13-9/h2-5H,(H,15,16)(H,12,13,14). The molecule has 7 nitrogen and oxygen atoms in total. The van der Waals surface area contributed by atoms with E-state index < -0.39 is 5.97 Å². The van der Waals surface area contributed by atoms with Crippen molar-refractivity contribution in [3.8, 4) is 11.6 Å². The molecule has 0 saturated carbocycles. The number of rotatable bonds is 3. The second kappa shape index (κ2) is 4.32. The summed E-state index contributed by atoms with van der Waals surface area (Å²) in [5, 5.41) is 17.8. The highest BCUT2D eigenvalue weighted by Crippen LogP contribution is 2.23. The molecule has 17 heavy (non-hydrogen) atoms. The Morgan fingerprint density at radius 1 is 1.41 bits per heavy atom. The number of aromatic carboxylic acids is 1. The van der Waals surface area contributed by atoms with Gasteiger partial charge >= 0.3 is 5.97 Å². The van der Waals surface area contributed by atoms with E-state index in [2.05, 4.69) is 20.3 Å². The fourth-order valence-corrected chi connectivity index (χ4v) is 1.13. The molecule has 2 N–H and O–H groups in total. The molecule has 0 aliphatic heterocycles. The summed E-state index contributed by atoms with van der Waals surface area (Å²) in [5.41, 5.74) is 0.246. The molecule has 0 aliphatic carbocycles. The minimum absolute atomic E-state index is 0.118. The van der Waals surface area contributed by atoms with E-state index in [4.69, 9.17) is 16.4 Å². The summed E-state index contributed by atoms with van der Waals surface area (Å²) in [5.74, 6) is -0.940. The third-order valence-electron chi connectivity index (χ3n) is 1.91. The van der Waals surface area contributed by atoms with Crippen molar-refractivity contribution in [3.63, 3.8) is 0 Å². The van der Waals surface area contributed by atoms with E-state index in [1.807, 2.05) is 0 Å². The van der Waals surface area contributed by atoms with Gasteiger partial charge in [0.1, 0.15) is 5.75 Å². The molecule has 0 saturated heterocycles. The molecular formula is C10H6N4O3. The Balaban J connectivity index is 2.23. The van der Waals surface area contributed by atoms with Crippen molar-refractivity contribution in [2.24, 2.45) is 0 Å². The SMILES string of the molecule is [C-]#[N+]c1ccc(Oc2nn[nH]c2C(=O)O)cc1. The third kappa shape index (κ3) is 2.21. The van der Waals surface area contributed by atoms with Gasteiger partial charge in [-0.15, -0.1) is 0 Å². The van der Waals surface area contributed by atoms with E-state index in [0.717, 1.165) is 0 Å². The van der Waals surface area contributed by atoms with Crippen molar-refractivity contribution in [2.75, 3.05) is 0 Å². The number of ether oxygens (including phenoxy) is 1. The van der Waals surface area contributed by atoms with Gasteiger partial charge in [-0.25, -0.2) is 14.7 Å². The van der Waals surface area contributed by atoms with Crippen LogP contribution in [0.5, 0.6) is 11.6 Å². The van der Waals surface area contributed by atoms with E-state index in [1.54, 1.807) is 24.3 Å². The first kappa shape index (κ1) is 10.6. The maximum Gasteiger partial charge on any atom is 0.359 e. The first-order chi connectivity index (χ1) is 8.20. The Labute approximate surface area is 95.5 Å². The van der Waals surface area contributed by atoms with Gasteiger partial charge in [-0.3, -0.25) is 0 Å². The van der Waals surface area contributed by atoms with Crippen LogP contribution in [-0.2, 0) is 0 Å². The van der Waals surface area contributed by atoms with Gasteiger partial charge in [0.2, 0.25) is 5.69 Å². The van der Waals surface area contributed by atoms with Crippen LogP contribution in [0.1, 0.15) is 10.5 Å². The second-order valence-corrected chi connectivity index (χ2v) is 3.00. The predicted octanol–water partition coefficient (Wildman–Crippen LogP) is 1.85. The normalized spacial score (nSPS) is 9.59. The molecule has 84 valence electrons. The van der Waals surface area contributed by atoms with Crippen molar-refractivity contribution in [1.82, 2.24) is 15.4 Å². The van der Waals surface area contributed by atoms with Crippen LogP contribution in [-0.4, -0.2) is 26.5 Å². The monoisotopic (exact) mass is 230 g/mol. The average Bonchev–Trinajstić information content (AvgIpc) is 2.78. The molecule has 0 atom stereocenters. The van der Waals surface area contributed by atoms with Gasteiger partial charge in [0.15, 0.2) is 5.69 Å². The van der Waals surface area contributed by atoms with E-state index in [0.29, 0.717) is 11.4 Å². The molecule has 0 spiro atoms. The highest BCUT2D eigenvalue weighted by Gasteiger charge is 2.16. The Bertz CT molecular complexity index is 582. The summed E-state index contributed by atoms with van der Waals surface area (Å²) >= 11 is 0. The molecule has 0 aliphatic rings. The van der Waals surface area contributed by atoms with Crippen LogP contribution in [0, 0.1) is 6.57 Å². The lowest BCUT2D eigenvalue weighted by atomic mass is 10.3. The zero-order valence-corrected chi connectivity index (χ0v) is 8.41. The zero-order valence-electron chi connectivity index (χ0n) is 8.41. The van der Waals surface area contributed by atoms with Gasteiger partial charge in [-0.2, -0.15) is 0 Å². The minimum Gasteiger partial charge on any atom is -0.476 e. The van der Waals surface area contributed by atoms with Crippen molar-refractivity contribution in [3.05, 3.63) is 41.4 Å². The molecule has 0 amide bonds. The van der Waals surface area contributed by atoms with Gasteiger partial charge in [0.25, 0.3) is 5.88 Å². The first-order valence-corrected chi connectivity index (χ1v) is 4.50. The Morgan fingerprint density at radius 2 is 2.12 bits per heavy atom. The van der Waals surface area contributed by atoms with Gasteiger partial charge in [0.05, 0.1) is 6.57 Å². The van der Waals surface area contributed by atoms with Crippen molar-refractivity contribution < 1.29 is 14.6 Å². The van der Waals surface area contributed by atoms with Crippen LogP contribution in [0.2, 0.25) is 0 Å². The number of aromatic amines is 1. The molecule has 1 heterocycles. The van der Waals surface area contributed by atoms with E-state index in [9.17, 15) is 4.79 Å². The summed E-state index contributed by atoms with van der Waals surface area (Å²) in [4.78, 5) is 14.0. The number of carboxylic acid groups (broad SMARTS) is 1. The number of hydrogen-bond donors (Lipinski definition) is 2. The number of nitrogens with one attached hydrogen (secondary N) is 1. The fraction of sp³-hybridized carbons (Fsp3) is 0. The number of H-pyrrole nitrogens is 1. The third-order valence-corrected chi connectivity index (χ3v) is 1.91. The molecule has 0 fully saturated rings. The number of carbonyl (C=O) groups is 1. The molecule has 0 unspecified atom stereocenters. The lowest BCUT2D eigenvalue weighted by molar-refractivity contribution is 0.0687. The average molecular weight is 230 g/mol. The lowest BCUT2D eigenvalue weighted by Gasteiger charge is -2.01. The summed E-state index contributed by atoms with van der Waals surface area (Å²) in [6, 6.07) is 6.22. The molecule has 1 aromatic heterocycles. The summed E-state index contributed by atoms with van der Waals surface area (Å²) < 4.78 is 5.22. The number of hydrogen-bond acceptors (Lipinski definition) is 4. The van der Waals surface area contributed by atoms with Crippen molar-refractivity contribution >= 4 is 11.7 Å². The summed E-state index contributed by atoms with van der Waals surface area (Å²) in [6.45, 7) is 6.78. The highest BCUT2D eigenvalue weighted by atomic mass is 16.5. The molecule has 1 aromatic carbocycles. The van der Waals surface area contributed by atoms with Crippen LogP contribution in [0.3, 0.4) is 0 Å². The topological polar surface area (TPSA) is 92.5 Å². The van der Waals surface area contributed by atoms with E-state index in [-0.39, 0.29) is 11.6 Å². The van der Waals surface area contributed by atoms with Crippen LogP contribution in [0.25, 0.3) is 4.85 Å². The van der Waals surface area contributed by atoms with Gasteiger partial charge in [-0.1, -0.05) is 22.4 Å². The Morgan fingerprint density at radius 3 is 2.71 bits per heavy atom. The molecule has 2 aromatic rings. The van der Waals surface area contributed by atoms with Gasteiger partial charge < -0.3 is 9.84 Å². The van der Waals surface area contributed by atoms with Gasteiger partial charge in [-0.05, 0) is 12.1 Å². The number of aromatic nitrogens is 3. The molecular weight excluding hydrogens is 224 g/mol. The van der Waals surface area contributed by atoms with E-state index >= 15 is 0 Å². The first-order valence-electron chi connectivity index (χ1n) is 4.50. The molecule has 7 heteroatoms. The van der Waals surface area contributed by atoms with Crippen molar-refractivity contribution in [1.29, 1.82) is 0 Å². The quantitative estimate of drug-likeness (QED) is 0.785. The van der Waals surface area contributed by atoms with Crippen LogP contribution < -0.4 is 4.74 Å². The molecule has 0 radical (unpaired) electrons. The Hall–Kier alpha value is -2.88. The van der Waals surface area contributed by atoms with Crippen LogP contribution in [0.15, 0.2) is 24.3 Å². The van der Waals surface area contributed by atoms with E-state index in [1.165, 1.54) is 0 Å². The number of carboxylic acids is 1. The van der Waals surface area contributed by atoms with Gasteiger partial charge in [0, 0.05) is 0 Å². The second-order valence-electron chi connectivity index (χ2n) is 3.00. The fourth-order valence-electron chi connectivity index (χ4n) is 1.13. The highest BCUT2D eigenvalue weighted by molar-refractivity contribution is 5.87. The maximum absolute atomic E-state index is 10.7. The lowest BCUT2D eigenvalue weighted by Crippen LogP contribution is -1.99. The largest absolute Gasteiger partial charge is 0.476 e. The smallest absolute Gasteiger partial charge is 0.359 e. The summed E-state index contributed by atoms with van der Waals surface area (Å²) in [6.07, 6.45) is 0. The van der Waals surface area contributed by atoms with Crippen LogP contribution >= 0.6 is 0 Å². The van der Waals surface area contributed by atoms with Crippen molar-refractivity contribution in [2.45, 2.75) is 0 Å². The minimum atomic E-state index is -1.21. The molecule has 2 rings (SSSR count). The number of nitrogens with zero attached hydrogens (tertiary/aromatic N) is 3. The maximum atomic E-state index is 10.7. The Kier molecular flexibility index (Phi) is 2.70. The molecule has 0 bridgehead atoms. The predicted molar refractivity (Wildman–Crippen MR) is 56.1 cm³/mol. The van der Waals surface area contributed by atoms with Crippen LogP contribution in [0.4, 0.5) is 5.69 Å². The number of benzene rings is 1.